The maximum atomic E-state index is 13.0. The van der Waals surface area contributed by atoms with E-state index in [-0.39, 0.29) is 5.91 Å². The van der Waals surface area contributed by atoms with Crippen molar-refractivity contribution in [1.82, 2.24) is 9.88 Å². The Labute approximate surface area is 156 Å². The second-order valence-electron chi connectivity index (χ2n) is 6.58. The molecule has 0 radical (unpaired) electrons. The first-order valence-corrected chi connectivity index (χ1v) is 9.48. The van der Waals surface area contributed by atoms with E-state index >= 15 is 0 Å². The minimum Gasteiger partial charge on any atom is -0.481 e. The van der Waals surface area contributed by atoms with Gasteiger partial charge in [-0.2, -0.15) is 0 Å². The van der Waals surface area contributed by atoms with Crippen LogP contribution in [-0.4, -0.2) is 46.6 Å². The molecule has 6 nitrogen and oxygen atoms in total. The Morgan fingerprint density at radius 2 is 2.08 bits per heavy atom. The molecule has 1 unspecified atom stereocenters. The van der Waals surface area contributed by atoms with E-state index in [1.165, 1.54) is 0 Å². The summed E-state index contributed by atoms with van der Waals surface area (Å²) < 4.78 is 5.34. The van der Waals surface area contributed by atoms with Gasteiger partial charge in [0.15, 0.2) is 6.61 Å². The lowest BCUT2D eigenvalue weighted by atomic mass is 9.97. The molecule has 1 aromatic carbocycles. The summed E-state index contributed by atoms with van der Waals surface area (Å²) >= 11 is 1.64. The van der Waals surface area contributed by atoms with Crippen molar-refractivity contribution in [2.45, 2.75) is 32.6 Å². The molecular formula is C19H22N2O4S. The normalized spacial score (nSPS) is 17.2. The van der Waals surface area contributed by atoms with Gasteiger partial charge in [0.25, 0.3) is 5.91 Å². The molecule has 0 spiro atoms. The molecule has 1 aromatic heterocycles. The van der Waals surface area contributed by atoms with Crippen LogP contribution in [0.1, 0.15) is 45.3 Å². The highest BCUT2D eigenvalue weighted by Gasteiger charge is 2.27. The molecule has 3 rings (SSSR count). The van der Waals surface area contributed by atoms with E-state index in [4.69, 9.17) is 9.84 Å². The third kappa shape index (κ3) is 4.04. The summed E-state index contributed by atoms with van der Waals surface area (Å²) in [4.78, 5) is 30.0. The lowest BCUT2D eigenvalue weighted by Gasteiger charge is -2.32. The molecule has 1 amide bonds. The highest BCUT2D eigenvalue weighted by atomic mass is 32.1. The lowest BCUT2D eigenvalue weighted by Crippen LogP contribution is -2.39. The van der Waals surface area contributed by atoms with E-state index < -0.39 is 12.6 Å². The molecule has 2 heterocycles. The minimum atomic E-state index is -1.02. The summed E-state index contributed by atoms with van der Waals surface area (Å²) in [6.45, 7) is 4.69. The zero-order chi connectivity index (χ0) is 18.7. The van der Waals surface area contributed by atoms with Crippen molar-refractivity contribution in [2.75, 3.05) is 19.7 Å². The first-order chi connectivity index (χ1) is 12.5. The Morgan fingerprint density at radius 3 is 2.69 bits per heavy atom. The average molecular weight is 374 g/mol. The molecule has 1 N–H and O–H groups in total. The summed E-state index contributed by atoms with van der Waals surface area (Å²) in [5.41, 5.74) is 2.15. The number of nitrogens with zero attached hydrogens (tertiary/aromatic N) is 2. The SMILES string of the molecule is Cc1cc(C(=O)N2CCCC(c3nccs3)C2)cc(C)c1OCC(=O)O. The van der Waals surface area contributed by atoms with Crippen LogP contribution >= 0.6 is 11.3 Å². The second-order valence-corrected chi connectivity index (χ2v) is 7.51. The summed E-state index contributed by atoms with van der Waals surface area (Å²) in [7, 11) is 0. The van der Waals surface area contributed by atoms with Crippen LogP contribution in [0.2, 0.25) is 0 Å². The monoisotopic (exact) mass is 374 g/mol. The molecule has 0 saturated carbocycles. The number of carbonyl (C=O) groups excluding carboxylic acids is 1. The molecular weight excluding hydrogens is 352 g/mol. The number of hydrogen-bond donors (Lipinski definition) is 1. The molecule has 1 fully saturated rings. The van der Waals surface area contributed by atoms with Crippen LogP contribution in [0, 0.1) is 13.8 Å². The molecule has 26 heavy (non-hydrogen) atoms. The quantitative estimate of drug-likeness (QED) is 0.869. The fourth-order valence-electron chi connectivity index (χ4n) is 3.42. The Morgan fingerprint density at radius 1 is 1.35 bits per heavy atom. The van der Waals surface area contributed by atoms with Crippen LogP contribution in [0.3, 0.4) is 0 Å². The maximum Gasteiger partial charge on any atom is 0.341 e. The van der Waals surface area contributed by atoms with Crippen LogP contribution < -0.4 is 4.74 Å². The number of thiazole rings is 1. The number of carboxylic acid groups (broad SMARTS) is 1. The minimum absolute atomic E-state index is 0.00207. The summed E-state index contributed by atoms with van der Waals surface area (Å²) in [5, 5.41) is 11.8. The van der Waals surface area contributed by atoms with Crippen LogP contribution in [0.4, 0.5) is 0 Å². The molecule has 1 atom stereocenters. The second kappa shape index (κ2) is 7.86. The highest BCUT2D eigenvalue weighted by molar-refractivity contribution is 7.09. The van der Waals surface area contributed by atoms with Crippen LogP contribution in [0.15, 0.2) is 23.7 Å². The molecule has 1 aliphatic heterocycles. The topological polar surface area (TPSA) is 79.7 Å². The smallest absolute Gasteiger partial charge is 0.341 e. The number of aliphatic carboxylic acids is 1. The standard InChI is InChI=1S/C19H22N2O4S/c1-12-8-15(9-13(2)17(12)25-11-16(22)23)19(24)21-6-3-4-14(10-21)18-20-5-7-26-18/h5,7-9,14H,3-4,6,10-11H2,1-2H3,(H,22,23). The molecule has 1 aliphatic rings. The Kier molecular flexibility index (Phi) is 5.56. The summed E-state index contributed by atoms with van der Waals surface area (Å²) in [6, 6.07) is 3.55. The van der Waals surface area contributed by atoms with Gasteiger partial charge in [0.2, 0.25) is 0 Å². The largest absolute Gasteiger partial charge is 0.481 e. The molecule has 2 aromatic rings. The summed E-state index contributed by atoms with van der Waals surface area (Å²) in [5.74, 6) is -0.191. The number of aryl methyl sites for hydroxylation is 2. The van der Waals surface area contributed by atoms with Crippen molar-refractivity contribution in [3.63, 3.8) is 0 Å². The zero-order valence-electron chi connectivity index (χ0n) is 14.9. The molecule has 1 saturated heterocycles. The van der Waals surface area contributed by atoms with Gasteiger partial charge < -0.3 is 14.7 Å². The Balaban J connectivity index is 1.76. The maximum absolute atomic E-state index is 13.0. The number of likely N-dealkylation sites (tertiary alicyclic amines) is 1. The number of carbonyl (C=O) groups is 2. The fourth-order valence-corrected chi connectivity index (χ4v) is 4.18. The van der Waals surface area contributed by atoms with Crippen LogP contribution in [0.25, 0.3) is 0 Å². The zero-order valence-corrected chi connectivity index (χ0v) is 15.7. The van der Waals surface area contributed by atoms with Crippen molar-refractivity contribution >= 4 is 23.2 Å². The average Bonchev–Trinajstić information content (AvgIpc) is 3.15. The van der Waals surface area contributed by atoms with Crippen LogP contribution in [0.5, 0.6) is 5.75 Å². The van der Waals surface area contributed by atoms with E-state index in [1.54, 1.807) is 23.5 Å². The van der Waals surface area contributed by atoms with E-state index in [2.05, 4.69) is 4.98 Å². The van der Waals surface area contributed by atoms with E-state index in [0.29, 0.717) is 23.8 Å². The summed E-state index contributed by atoms with van der Waals surface area (Å²) in [6.07, 6.45) is 3.83. The van der Waals surface area contributed by atoms with Crippen molar-refractivity contribution < 1.29 is 19.4 Å². The predicted molar refractivity (Wildman–Crippen MR) is 99.0 cm³/mol. The van der Waals surface area contributed by atoms with Gasteiger partial charge in [-0.3, -0.25) is 4.79 Å². The van der Waals surface area contributed by atoms with E-state index in [9.17, 15) is 9.59 Å². The van der Waals surface area contributed by atoms with Gasteiger partial charge in [0, 0.05) is 36.1 Å². The number of amides is 1. The molecule has 0 aliphatic carbocycles. The lowest BCUT2D eigenvalue weighted by molar-refractivity contribution is -0.139. The Hall–Kier alpha value is -2.41. The molecule has 7 heteroatoms. The number of rotatable bonds is 5. The fraction of sp³-hybridized carbons (Fsp3) is 0.421. The van der Waals surface area contributed by atoms with Gasteiger partial charge in [-0.05, 0) is 49.9 Å². The first-order valence-electron chi connectivity index (χ1n) is 8.60. The van der Waals surface area contributed by atoms with E-state index in [1.807, 2.05) is 30.3 Å². The van der Waals surface area contributed by atoms with E-state index in [0.717, 1.165) is 35.5 Å². The molecule has 0 bridgehead atoms. The molecule has 138 valence electrons. The van der Waals surface area contributed by atoms with Crippen molar-refractivity contribution in [3.05, 3.63) is 45.4 Å². The number of hydrogen-bond acceptors (Lipinski definition) is 5. The van der Waals surface area contributed by atoms with Crippen molar-refractivity contribution in [2.24, 2.45) is 0 Å². The van der Waals surface area contributed by atoms with Gasteiger partial charge >= 0.3 is 5.97 Å². The Bertz CT molecular complexity index is 781. The third-order valence-corrected chi connectivity index (χ3v) is 5.49. The van der Waals surface area contributed by atoms with Crippen molar-refractivity contribution in [3.8, 4) is 5.75 Å². The number of piperidine rings is 1. The van der Waals surface area contributed by atoms with Gasteiger partial charge in [-0.25, -0.2) is 9.78 Å². The third-order valence-electron chi connectivity index (χ3n) is 4.56. The van der Waals surface area contributed by atoms with Gasteiger partial charge in [-0.1, -0.05) is 0 Å². The number of carboxylic acids is 1. The number of benzene rings is 1. The number of ether oxygens (including phenoxy) is 1. The predicted octanol–water partition coefficient (Wildman–Crippen LogP) is 3.24. The number of aromatic nitrogens is 1. The van der Waals surface area contributed by atoms with Gasteiger partial charge in [0.05, 0.1) is 5.01 Å². The van der Waals surface area contributed by atoms with Crippen LogP contribution in [-0.2, 0) is 4.79 Å². The highest BCUT2D eigenvalue weighted by Crippen LogP contribution is 2.30. The first kappa shape index (κ1) is 18.4. The van der Waals surface area contributed by atoms with Crippen molar-refractivity contribution in [1.29, 1.82) is 0 Å². The van der Waals surface area contributed by atoms with Gasteiger partial charge in [0.1, 0.15) is 5.75 Å². The van der Waals surface area contributed by atoms with Gasteiger partial charge in [-0.15, -0.1) is 11.3 Å².